The van der Waals surface area contributed by atoms with Crippen molar-refractivity contribution in [3.8, 4) is 6.07 Å². The monoisotopic (exact) mass is 351 g/mol. The highest BCUT2D eigenvalue weighted by Crippen LogP contribution is 2.16. The second-order valence-corrected chi connectivity index (χ2v) is 5.81. The maximum absolute atomic E-state index is 12.5. The lowest BCUT2D eigenvalue weighted by Crippen LogP contribution is -2.35. The molecule has 0 aliphatic carbocycles. The zero-order valence-electron chi connectivity index (χ0n) is 14.9. The molecule has 0 unspecified atom stereocenters. The molecule has 0 N–H and O–H groups in total. The summed E-state index contributed by atoms with van der Waals surface area (Å²) in [4.78, 5) is 28.1. The first-order valence-corrected chi connectivity index (χ1v) is 8.20. The number of rotatable bonds is 7. The molecule has 26 heavy (non-hydrogen) atoms. The van der Waals surface area contributed by atoms with E-state index in [-0.39, 0.29) is 25.5 Å². The lowest BCUT2D eigenvalue weighted by Gasteiger charge is -2.21. The van der Waals surface area contributed by atoms with Gasteiger partial charge < -0.3 is 14.5 Å². The Balaban J connectivity index is 2.04. The van der Waals surface area contributed by atoms with E-state index in [2.05, 4.69) is 0 Å². The van der Waals surface area contributed by atoms with Crippen molar-refractivity contribution >= 4 is 23.3 Å². The number of ether oxygens (including phenoxy) is 1. The molecule has 0 aromatic heterocycles. The van der Waals surface area contributed by atoms with Crippen LogP contribution in [0.5, 0.6) is 0 Å². The van der Waals surface area contributed by atoms with Crippen LogP contribution in [0.15, 0.2) is 54.6 Å². The minimum Gasteiger partial charge on any atom is -0.452 e. The van der Waals surface area contributed by atoms with Crippen molar-refractivity contribution in [3.05, 3.63) is 60.2 Å². The van der Waals surface area contributed by atoms with E-state index in [9.17, 15) is 9.59 Å². The zero-order valence-corrected chi connectivity index (χ0v) is 14.9. The molecular weight excluding hydrogens is 330 g/mol. The lowest BCUT2D eigenvalue weighted by atomic mass is 10.2. The van der Waals surface area contributed by atoms with Gasteiger partial charge in [-0.25, -0.2) is 4.79 Å². The van der Waals surface area contributed by atoms with Gasteiger partial charge in [-0.05, 0) is 30.3 Å². The van der Waals surface area contributed by atoms with Gasteiger partial charge in [0.15, 0.2) is 6.61 Å². The van der Waals surface area contributed by atoms with Gasteiger partial charge in [0.05, 0.1) is 18.1 Å². The third kappa shape index (κ3) is 5.08. The number of amides is 1. The van der Waals surface area contributed by atoms with Crippen LogP contribution in [-0.2, 0) is 9.53 Å². The number of carbonyl (C=O) groups excluding carboxylic acids is 2. The topological polar surface area (TPSA) is 73.6 Å². The number of carbonyl (C=O) groups is 2. The predicted molar refractivity (Wildman–Crippen MR) is 100 cm³/mol. The van der Waals surface area contributed by atoms with Gasteiger partial charge in [0.25, 0.3) is 5.91 Å². The van der Waals surface area contributed by atoms with E-state index in [1.165, 1.54) is 4.90 Å². The van der Waals surface area contributed by atoms with E-state index in [0.717, 1.165) is 5.69 Å². The third-order valence-corrected chi connectivity index (χ3v) is 3.74. The minimum atomic E-state index is -0.560. The molecule has 0 spiro atoms. The molecule has 6 heteroatoms. The second-order valence-electron chi connectivity index (χ2n) is 5.81. The Morgan fingerprint density at radius 1 is 1.04 bits per heavy atom. The van der Waals surface area contributed by atoms with Crippen molar-refractivity contribution < 1.29 is 14.3 Å². The Kier molecular flexibility index (Phi) is 6.75. The highest BCUT2D eigenvalue weighted by molar-refractivity contribution is 5.97. The summed E-state index contributed by atoms with van der Waals surface area (Å²) in [6.45, 7) is -0.141. The van der Waals surface area contributed by atoms with Crippen LogP contribution in [0.25, 0.3) is 0 Å². The summed E-state index contributed by atoms with van der Waals surface area (Å²) in [5.74, 6) is -0.932. The van der Waals surface area contributed by atoms with Crippen molar-refractivity contribution in [1.82, 2.24) is 0 Å². The van der Waals surface area contributed by atoms with Crippen LogP contribution < -0.4 is 9.80 Å². The Morgan fingerprint density at radius 3 is 2.38 bits per heavy atom. The van der Waals surface area contributed by atoms with Crippen molar-refractivity contribution in [2.45, 2.75) is 6.42 Å². The van der Waals surface area contributed by atoms with Gasteiger partial charge in [-0.2, -0.15) is 5.26 Å². The van der Waals surface area contributed by atoms with Gasteiger partial charge in [-0.3, -0.25) is 4.79 Å². The van der Waals surface area contributed by atoms with Crippen LogP contribution in [-0.4, -0.2) is 39.1 Å². The predicted octanol–water partition coefficient (Wildman–Crippen LogP) is 2.86. The first kappa shape index (κ1) is 19.0. The summed E-state index contributed by atoms with van der Waals surface area (Å²) in [5.41, 5.74) is 1.91. The van der Waals surface area contributed by atoms with E-state index in [0.29, 0.717) is 11.3 Å². The van der Waals surface area contributed by atoms with Crippen molar-refractivity contribution in [2.24, 2.45) is 0 Å². The molecule has 0 heterocycles. The van der Waals surface area contributed by atoms with Crippen molar-refractivity contribution in [2.75, 3.05) is 37.0 Å². The van der Waals surface area contributed by atoms with Crippen molar-refractivity contribution in [1.29, 1.82) is 5.26 Å². The standard InChI is InChI=1S/C20H21N3O3/c1-22(2)18-11-6-8-16(14-18)20(25)26-15-19(24)23(13-7-12-21)17-9-4-3-5-10-17/h3-6,8-11,14H,7,13,15H2,1-2H3. The number of para-hydroxylation sites is 1. The molecule has 0 radical (unpaired) electrons. The quantitative estimate of drug-likeness (QED) is 0.717. The molecule has 0 fully saturated rings. The molecule has 134 valence electrons. The highest BCUT2D eigenvalue weighted by Gasteiger charge is 2.18. The fraction of sp³-hybridized carbons (Fsp3) is 0.250. The summed E-state index contributed by atoms with van der Waals surface area (Å²) >= 11 is 0. The fourth-order valence-corrected chi connectivity index (χ4v) is 2.37. The Hall–Kier alpha value is -3.33. The smallest absolute Gasteiger partial charge is 0.338 e. The number of anilines is 2. The maximum atomic E-state index is 12.5. The Morgan fingerprint density at radius 2 is 1.73 bits per heavy atom. The molecule has 2 aromatic carbocycles. The number of hydrogen-bond acceptors (Lipinski definition) is 5. The first-order chi connectivity index (χ1) is 12.5. The number of hydrogen-bond donors (Lipinski definition) is 0. The average Bonchev–Trinajstić information content (AvgIpc) is 2.67. The van der Waals surface area contributed by atoms with Gasteiger partial charge in [-0.15, -0.1) is 0 Å². The number of nitriles is 1. The molecule has 2 aromatic rings. The van der Waals surface area contributed by atoms with E-state index in [1.54, 1.807) is 42.5 Å². The number of benzene rings is 2. The molecule has 0 aliphatic heterocycles. The van der Waals surface area contributed by atoms with E-state index in [1.807, 2.05) is 37.2 Å². The largest absolute Gasteiger partial charge is 0.452 e. The third-order valence-electron chi connectivity index (χ3n) is 3.74. The second kappa shape index (κ2) is 9.23. The molecule has 0 saturated carbocycles. The molecule has 0 bridgehead atoms. The molecule has 0 saturated heterocycles. The van der Waals surface area contributed by atoms with Gasteiger partial charge in [0.1, 0.15) is 0 Å². The SMILES string of the molecule is CN(C)c1cccc(C(=O)OCC(=O)N(CCC#N)c2ccccc2)c1. The fourth-order valence-electron chi connectivity index (χ4n) is 2.37. The van der Waals surface area contributed by atoms with Crippen LogP contribution in [0, 0.1) is 11.3 Å². The number of nitrogens with zero attached hydrogens (tertiary/aromatic N) is 3. The molecule has 1 amide bonds. The van der Waals surface area contributed by atoms with Crippen LogP contribution >= 0.6 is 0 Å². The molecule has 2 rings (SSSR count). The normalized spacial score (nSPS) is 9.88. The van der Waals surface area contributed by atoms with Crippen LogP contribution in [0.3, 0.4) is 0 Å². The summed E-state index contributed by atoms with van der Waals surface area (Å²) in [5, 5.41) is 8.80. The average molecular weight is 351 g/mol. The molecular formula is C20H21N3O3. The minimum absolute atomic E-state index is 0.194. The zero-order chi connectivity index (χ0) is 18.9. The van der Waals surface area contributed by atoms with Crippen molar-refractivity contribution in [3.63, 3.8) is 0 Å². The van der Waals surface area contributed by atoms with E-state index >= 15 is 0 Å². The summed E-state index contributed by atoms with van der Waals surface area (Å²) < 4.78 is 5.18. The lowest BCUT2D eigenvalue weighted by molar-refractivity contribution is -0.121. The summed E-state index contributed by atoms with van der Waals surface area (Å²) in [6, 6.07) is 18.0. The van der Waals surface area contributed by atoms with E-state index in [4.69, 9.17) is 10.00 Å². The van der Waals surface area contributed by atoms with Gasteiger partial charge >= 0.3 is 5.97 Å². The molecule has 0 atom stereocenters. The van der Waals surface area contributed by atoms with Crippen LogP contribution in [0.2, 0.25) is 0 Å². The molecule has 6 nitrogen and oxygen atoms in total. The Labute approximate surface area is 153 Å². The number of esters is 1. The van der Waals surface area contributed by atoms with E-state index < -0.39 is 5.97 Å². The van der Waals surface area contributed by atoms with Crippen LogP contribution in [0.1, 0.15) is 16.8 Å². The van der Waals surface area contributed by atoms with Gasteiger partial charge in [-0.1, -0.05) is 24.3 Å². The summed E-state index contributed by atoms with van der Waals surface area (Å²) in [7, 11) is 3.75. The maximum Gasteiger partial charge on any atom is 0.338 e. The van der Waals surface area contributed by atoms with Gasteiger partial charge in [0, 0.05) is 32.0 Å². The van der Waals surface area contributed by atoms with Crippen LogP contribution in [0.4, 0.5) is 11.4 Å². The highest BCUT2D eigenvalue weighted by atomic mass is 16.5. The Bertz CT molecular complexity index is 797. The molecule has 0 aliphatic rings. The summed E-state index contributed by atoms with van der Waals surface area (Å²) in [6.07, 6.45) is 0.194. The first-order valence-electron chi connectivity index (χ1n) is 8.20. The van der Waals surface area contributed by atoms with Gasteiger partial charge in [0.2, 0.25) is 0 Å².